The molecule has 48 heavy (non-hydrogen) atoms. The van der Waals surface area contributed by atoms with E-state index in [1.807, 2.05) is 24.3 Å². The van der Waals surface area contributed by atoms with Crippen LogP contribution < -0.4 is 0 Å². The number of rotatable bonds is 20. The van der Waals surface area contributed by atoms with Crippen LogP contribution in [0.4, 0.5) is 0 Å². The third-order valence-corrected chi connectivity index (χ3v) is 9.93. The second-order valence-electron chi connectivity index (χ2n) is 17.6. The quantitative estimate of drug-likeness (QED) is 0.0896. The van der Waals surface area contributed by atoms with Crippen LogP contribution in [0.5, 0.6) is 0 Å². The molecule has 0 amide bonds. The maximum absolute atomic E-state index is 14.3. The molecule has 0 bridgehead atoms. The molecule has 0 aliphatic heterocycles. The molecule has 4 heteroatoms. The number of carbonyl (C=O) groups excluding carboxylic acids is 2. The lowest BCUT2D eigenvalue weighted by atomic mass is 9.80. The Labute approximate surface area is 294 Å². The molecule has 0 saturated heterocycles. The van der Waals surface area contributed by atoms with Gasteiger partial charge in [0.15, 0.2) is 11.6 Å². The summed E-state index contributed by atoms with van der Waals surface area (Å²) >= 11 is 0. The molecule has 0 N–H and O–H groups in total. The van der Waals surface area contributed by atoms with Crippen LogP contribution in [0.1, 0.15) is 129 Å². The van der Waals surface area contributed by atoms with Gasteiger partial charge in [0.05, 0.1) is 0 Å². The summed E-state index contributed by atoms with van der Waals surface area (Å²) in [5, 5.41) is 3.95. The highest BCUT2D eigenvalue weighted by Gasteiger charge is 2.34. The van der Waals surface area contributed by atoms with Crippen molar-refractivity contribution in [3.05, 3.63) is 59.7 Å². The van der Waals surface area contributed by atoms with Gasteiger partial charge < -0.3 is 9.80 Å². The van der Waals surface area contributed by atoms with Gasteiger partial charge >= 0.3 is 0 Å². The SMILES string of the molecule is CC(C)CCN(CCC(C)C)CC(C)(C)C(=O)c1cccc2cc3c(C(=O)C(C)(C)CN(CCC(C)C)CCC(C)C)cccc3cc12. The second-order valence-corrected chi connectivity index (χ2v) is 17.6. The summed E-state index contributed by atoms with van der Waals surface area (Å²) in [7, 11) is 0. The highest BCUT2D eigenvalue weighted by molar-refractivity contribution is 6.17. The van der Waals surface area contributed by atoms with Gasteiger partial charge in [0.1, 0.15) is 0 Å². The Morgan fingerprint density at radius 2 is 0.812 bits per heavy atom. The Hall–Kier alpha value is -2.56. The average Bonchev–Trinajstić information content (AvgIpc) is 3.00. The highest BCUT2D eigenvalue weighted by Crippen LogP contribution is 2.34. The van der Waals surface area contributed by atoms with Crippen LogP contribution in [-0.4, -0.2) is 60.6 Å². The summed E-state index contributed by atoms with van der Waals surface area (Å²) < 4.78 is 0. The van der Waals surface area contributed by atoms with Crippen LogP contribution in [-0.2, 0) is 0 Å². The molecule has 0 heterocycles. The number of hydrogen-bond acceptors (Lipinski definition) is 4. The smallest absolute Gasteiger partial charge is 0.170 e. The van der Waals surface area contributed by atoms with Gasteiger partial charge in [-0.3, -0.25) is 9.59 Å². The molecule has 3 rings (SSSR count). The molecule has 0 unspecified atom stereocenters. The van der Waals surface area contributed by atoms with E-state index in [-0.39, 0.29) is 11.6 Å². The lowest BCUT2D eigenvalue weighted by Crippen LogP contribution is -2.41. The molecule has 0 fully saturated rings. The fraction of sp³-hybridized carbons (Fsp3) is 0.636. The first kappa shape index (κ1) is 39.9. The maximum atomic E-state index is 14.3. The molecule has 0 saturated carbocycles. The van der Waals surface area contributed by atoms with E-state index in [4.69, 9.17) is 0 Å². The van der Waals surface area contributed by atoms with Gasteiger partial charge in [0.25, 0.3) is 0 Å². The topological polar surface area (TPSA) is 40.6 Å². The fourth-order valence-corrected chi connectivity index (χ4v) is 6.74. The van der Waals surface area contributed by atoms with E-state index in [2.05, 4.69) is 117 Å². The summed E-state index contributed by atoms with van der Waals surface area (Å²) in [6.45, 7) is 32.2. The van der Waals surface area contributed by atoms with Crippen molar-refractivity contribution in [1.82, 2.24) is 9.80 Å². The second kappa shape index (κ2) is 17.4. The zero-order valence-electron chi connectivity index (χ0n) is 32.7. The first-order chi connectivity index (χ1) is 22.4. The number of ketones is 2. The van der Waals surface area contributed by atoms with Crippen LogP contribution >= 0.6 is 0 Å². The zero-order valence-corrected chi connectivity index (χ0v) is 32.7. The number of hydrogen-bond donors (Lipinski definition) is 0. The Bertz CT molecular complexity index is 1360. The molecule has 0 aliphatic rings. The lowest BCUT2D eigenvalue weighted by Gasteiger charge is -2.33. The van der Waals surface area contributed by atoms with Gasteiger partial charge in [-0.25, -0.2) is 0 Å². The molecule has 0 aliphatic carbocycles. The maximum Gasteiger partial charge on any atom is 0.170 e. The monoisotopic (exact) mass is 657 g/mol. The first-order valence-corrected chi connectivity index (χ1v) is 18.9. The van der Waals surface area contributed by atoms with Gasteiger partial charge in [-0.1, -0.05) is 119 Å². The van der Waals surface area contributed by atoms with Gasteiger partial charge in [0.2, 0.25) is 0 Å². The molecule has 0 aromatic heterocycles. The van der Waals surface area contributed by atoms with Crippen molar-refractivity contribution >= 4 is 33.1 Å². The van der Waals surface area contributed by atoms with Gasteiger partial charge in [-0.05, 0) is 109 Å². The third-order valence-electron chi connectivity index (χ3n) is 9.93. The largest absolute Gasteiger partial charge is 0.302 e. The van der Waals surface area contributed by atoms with Crippen LogP contribution in [0.25, 0.3) is 21.5 Å². The van der Waals surface area contributed by atoms with E-state index >= 15 is 0 Å². The molecular formula is C44H68N2O2. The molecule has 0 radical (unpaired) electrons. The van der Waals surface area contributed by atoms with Crippen LogP contribution in [0, 0.1) is 34.5 Å². The third kappa shape index (κ3) is 11.2. The van der Waals surface area contributed by atoms with E-state index in [0.717, 1.165) is 97.6 Å². The minimum atomic E-state index is -0.532. The van der Waals surface area contributed by atoms with Crippen LogP contribution in [0.3, 0.4) is 0 Å². The minimum Gasteiger partial charge on any atom is -0.302 e. The van der Waals surface area contributed by atoms with Crippen molar-refractivity contribution in [2.75, 3.05) is 39.3 Å². The number of carbonyl (C=O) groups is 2. The fourth-order valence-electron chi connectivity index (χ4n) is 6.74. The van der Waals surface area contributed by atoms with Crippen LogP contribution in [0.2, 0.25) is 0 Å². The molecule has 266 valence electrons. The first-order valence-electron chi connectivity index (χ1n) is 18.9. The Morgan fingerprint density at radius 3 is 1.08 bits per heavy atom. The molecule has 0 atom stereocenters. The number of benzene rings is 3. The Kier molecular flexibility index (Phi) is 14.4. The van der Waals surface area contributed by atoms with E-state index in [0.29, 0.717) is 23.7 Å². The predicted molar refractivity (Wildman–Crippen MR) is 208 cm³/mol. The van der Waals surface area contributed by atoms with Crippen molar-refractivity contribution in [3.8, 4) is 0 Å². The molecule has 0 spiro atoms. The molecule has 3 aromatic carbocycles. The predicted octanol–water partition coefficient (Wildman–Crippen LogP) is 11.2. The summed E-state index contributed by atoms with van der Waals surface area (Å²) in [6, 6.07) is 16.4. The van der Waals surface area contributed by atoms with E-state index < -0.39 is 10.8 Å². The Morgan fingerprint density at radius 1 is 0.521 bits per heavy atom. The average molecular weight is 657 g/mol. The van der Waals surface area contributed by atoms with Crippen LogP contribution in [0.15, 0.2) is 48.5 Å². The van der Waals surface area contributed by atoms with E-state index in [1.165, 1.54) is 0 Å². The minimum absolute atomic E-state index is 0.183. The summed E-state index contributed by atoms with van der Waals surface area (Å²) in [6.07, 6.45) is 4.53. The van der Waals surface area contributed by atoms with E-state index in [9.17, 15) is 9.59 Å². The highest BCUT2D eigenvalue weighted by atomic mass is 16.1. The van der Waals surface area contributed by atoms with Crippen molar-refractivity contribution in [1.29, 1.82) is 0 Å². The van der Waals surface area contributed by atoms with Gasteiger partial charge in [0, 0.05) is 35.0 Å². The number of nitrogens with zero attached hydrogens (tertiary/aromatic N) is 2. The zero-order chi connectivity index (χ0) is 35.8. The van der Waals surface area contributed by atoms with E-state index in [1.54, 1.807) is 0 Å². The number of fused-ring (bicyclic) bond motifs is 2. The Balaban J connectivity index is 1.95. The molecule has 4 nitrogen and oxygen atoms in total. The molecule has 3 aromatic rings. The number of Topliss-reactive ketones (excluding diaryl/α,β-unsaturated/α-hetero) is 2. The van der Waals surface area contributed by atoms with Crippen molar-refractivity contribution in [2.24, 2.45) is 34.5 Å². The normalized spacial score (nSPS) is 13.0. The van der Waals surface area contributed by atoms with Gasteiger partial charge in [-0.2, -0.15) is 0 Å². The summed E-state index contributed by atoms with van der Waals surface area (Å²) in [5.74, 6) is 2.89. The van der Waals surface area contributed by atoms with Gasteiger partial charge in [-0.15, -0.1) is 0 Å². The molecular weight excluding hydrogens is 588 g/mol. The lowest BCUT2D eigenvalue weighted by molar-refractivity contribution is 0.0751. The summed E-state index contributed by atoms with van der Waals surface area (Å²) in [4.78, 5) is 33.7. The van der Waals surface area contributed by atoms with Crippen molar-refractivity contribution in [3.63, 3.8) is 0 Å². The van der Waals surface area contributed by atoms with Crippen molar-refractivity contribution < 1.29 is 9.59 Å². The van der Waals surface area contributed by atoms with Crippen molar-refractivity contribution in [2.45, 2.75) is 109 Å². The summed E-state index contributed by atoms with van der Waals surface area (Å²) in [5.41, 5.74) is 0.483. The standard InChI is InChI=1S/C44H68N2O2/c1-31(2)19-23-45(24-20-32(3)4)29-43(9,10)41(47)37-17-13-15-35-28-40-36(27-39(35)37)16-14-18-38(40)42(48)44(11,12)30-46(25-21-33(5)6)26-22-34(7)8/h13-18,27-28,31-34H,19-26,29-30H2,1-12H3.